The lowest BCUT2D eigenvalue weighted by molar-refractivity contribution is 0.506. The quantitative estimate of drug-likeness (QED) is 0.614. The molecule has 0 bridgehead atoms. The van der Waals surface area contributed by atoms with E-state index in [9.17, 15) is 0 Å². The molecule has 1 heterocycles. The van der Waals surface area contributed by atoms with Crippen LogP contribution in [0.15, 0.2) is 22.8 Å². The average Bonchev–Trinajstić information content (AvgIpc) is 2.46. The number of furan rings is 1. The van der Waals surface area contributed by atoms with Gasteiger partial charge in [0.25, 0.3) is 0 Å². The summed E-state index contributed by atoms with van der Waals surface area (Å²) >= 11 is 0. The summed E-state index contributed by atoms with van der Waals surface area (Å²) in [7, 11) is 0. The normalized spacial score (nSPS) is 8.30. The molecule has 0 N–H and O–H groups in total. The van der Waals surface area contributed by atoms with Crippen molar-refractivity contribution in [1.29, 1.82) is 0 Å². The molecule has 1 rings (SSSR count). The van der Waals surface area contributed by atoms with Crippen LogP contribution >= 0.6 is 0 Å². The summed E-state index contributed by atoms with van der Waals surface area (Å²) in [5, 5.41) is 0. The third kappa shape index (κ3) is 3.33. The van der Waals surface area contributed by atoms with Crippen LogP contribution in [0.1, 0.15) is 33.0 Å². The lowest BCUT2D eigenvalue weighted by Crippen LogP contribution is -1.73. The lowest BCUT2D eigenvalue weighted by Gasteiger charge is -1.85. The fourth-order valence-corrected chi connectivity index (χ4v) is 0.701. The van der Waals surface area contributed by atoms with Crippen molar-refractivity contribution >= 4 is 0 Å². The Morgan fingerprint density at radius 2 is 2.10 bits per heavy atom. The topological polar surface area (TPSA) is 13.1 Å². The van der Waals surface area contributed by atoms with Gasteiger partial charge in [-0.15, -0.1) is 0 Å². The Bertz CT molecular complexity index is 130. The number of aryl methyl sites for hydroxylation is 1. The van der Waals surface area contributed by atoms with E-state index in [0.717, 1.165) is 18.6 Å². The van der Waals surface area contributed by atoms with Crippen molar-refractivity contribution in [2.24, 2.45) is 0 Å². The van der Waals surface area contributed by atoms with Crippen molar-refractivity contribution in [3.05, 3.63) is 24.2 Å². The molecule has 0 fully saturated rings. The lowest BCUT2D eigenvalue weighted by atomic mass is 10.3. The molecule has 1 aromatic heterocycles. The van der Waals surface area contributed by atoms with E-state index in [4.69, 9.17) is 4.42 Å². The summed E-state index contributed by atoms with van der Waals surface area (Å²) < 4.78 is 5.07. The highest BCUT2D eigenvalue weighted by Crippen LogP contribution is 2.01. The molecular formula is C9H16O. The molecule has 58 valence electrons. The first-order valence-corrected chi connectivity index (χ1v) is 3.96. The minimum Gasteiger partial charge on any atom is -0.469 e. The summed E-state index contributed by atoms with van der Waals surface area (Å²) in [4.78, 5) is 0. The molecule has 0 saturated carbocycles. The predicted octanol–water partition coefficient (Wildman–Crippen LogP) is 3.26. The summed E-state index contributed by atoms with van der Waals surface area (Å²) in [6.07, 6.45) is 3.94. The third-order valence-corrected chi connectivity index (χ3v) is 1.08. The van der Waals surface area contributed by atoms with Crippen LogP contribution in [0.5, 0.6) is 0 Å². The largest absolute Gasteiger partial charge is 0.469 e. The van der Waals surface area contributed by atoms with E-state index in [1.54, 1.807) is 6.26 Å². The van der Waals surface area contributed by atoms with Gasteiger partial charge in [-0.05, 0) is 18.6 Å². The molecule has 1 nitrogen and oxygen atoms in total. The van der Waals surface area contributed by atoms with Crippen LogP contribution in [0, 0.1) is 0 Å². The van der Waals surface area contributed by atoms with E-state index in [0.29, 0.717) is 0 Å². The van der Waals surface area contributed by atoms with Crippen molar-refractivity contribution in [3.63, 3.8) is 0 Å². The van der Waals surface area contributed by atoms with Gasteiger partial charge in [-0.1, -0.05) is 20.8 Å². The van der Waals surface area contributed by atoms with Gasteiger partial charge in [-0.3, -0.25) is 0 Å². The molecule has 0 unspecified atom stereocenters. The minimum absolute atomic E-state index is 1.06. The van der Waals surface area contributed by atoms with Gasteiger partial charge in [-0.2, -0.15) is 0 Å². The van der Waals surface area contributed by atoms with Gasteiger partial charge in [0, 0.05) is 6.42 Å². The van der Waals surface area contributed by atoms with Crippen LogP contribution in [0.25, 0.3) is 0 Å². The Morgan fingerprint density at radius 3 is 2.50 bits per heavy atom. The van der Waals surface area contributed by atoms with Crippen molar-refractivity contribution in [1.82, 2.24) is 0 Å². The zero-order valence-electron chi connectivity index (χ0n) is 7.05. The average molecular weight is 140 g/mol. The second-order valence-corrected chi connectivity index (χ2v) is 1.83. The Morgan fingerprint density at radius 1 is 1.40 bits per heavy atom. The third-order valence-electron chi connectivity index (χ3n) is 1.08. The first-order chi connectivity index (χ1) is 4.93. The van der Waals surface area contributed by atoms with Crippen LogP contribution < -0.4 is 0 Å². The number of rotatable bonds is 2. The molecule has 0 spiro atoms. The van der Waals surface area contributed by atoms with Gasteiger partial charge in [0.2, 0.25) is 0 Å². The fraction of sp³-hybridized carbons (Fsp3) is 0.556. The zero-order chi connectivity index (χ0) is 7.82. The smallest absolute Gasteiger partial charge is 0.103 e. The molecule has 0 aliphatic carbocycles. The first kappa shape index (κ1) is 9.28. The van der Waals surface area contributed by atoms with Crippen molar-refractivity contribution in [2.45, 2.75) is 33.6 Å². The second kappa shape index (κ2) is 6.40. The van der Waals surface area contributed by atoms with Crippen LogP contribution in [0.3, 0.4) is 0 Å². The summed E-state index contributed by atoms with van der Waals surface area (Å²) in [6.45, 7) is 6.14. The molecule has 0 saturated heterocycles. The van der Waals surface area contributed by atoms with E-state index >= 15 is 0 Å². The van der Waals surface area contributed by atoms with Gasteiger partial charge >= 0.3 is 0 Å². The summed E-state index contributed by atoms with van der Waals surface area (Å²) in [5.41, 5.74) is 0. The Hall–Kier alpha value is -0.720. The van der Waals surface area contributed by atoms with Gasteiger partial charge in [0.15, 0.2) is 0 Å². The minimum atomic E-state index is 1.06. The molecule has 0 amide bonds. The zero-order valence-corrected chi connectivity index (χ0v) is 7.05. The molecule has 0 aromatic carbocycles. The molecule has 0 atom stereocenters. The maximum absolute atomic E-state index is 5.07. The molecular weight excluding hydrogens is 124 g/mol. The summed E-state index contributed by atoms with van der Waals surface area (Å²) in [6, 6.07) is 3.93. The maximum Gasteiger partial charge on any atom is 0.103 e. The second-order valence-electron chi connectivity index (χ2n) is 1.83. The SMILES string of the molecule is CC.CCCc1ccco1. The Labute approximate surface area is 63.1 Å². The van der Waals surface area contributed by atoms with E-state index < -0.39 is 0 Å². The first-order valence-electron chi connectivity index (χ1n) is 3.96. The van der Waals surface area contributed by atoms with Gasteiger partial charge in [0.05, 0.1) is 6.26 Å². The van der Waals surface area contributed by atoms with Gasteiger partial charge in [0.1, 0.15) is 5.76 Å². The van der Waals surface area contributed by atoms with E-state index in [-0.39, 0.29) is 0 Å². The predicted molar refractivity (Wildman–Crippen MR) is 44.1 cm³/mol. The summed E-state index contributed by atoms with van der Waals surface area (Å²) in [5.74, 6) is 1.09. The van der Waals surface area contributed by atoms with E-state index in [1.165, 1.54) is 0 Å². The van der Waals surface area contributed by atoms with Crippen LogP contribution in [-0.4, -0.2) is 0 Å². The van der Waals surface area contributed by atoms with Crippen LogP contribution in [0.4, 0.5) is 0 Å². The number of hydrogen-bond acceptors (Lipinski definition) is 1. The Balaban J connectivity index is 0.000000371. The van der Waals surface area contributed by atoms with Crippen molar-refractivity contribution in [3.8, 4) is 0 Å². The molecule has 0 aliphatic rings. The highest BCUT2D eigenvalue weighted by molar-refractivity contribution is 4.97. The van der Waals surface area contributed by atoms with Crippen LogP contribution in [0.2, 0.25) is 0 Å². The van der Waals surface area contributed by atoms with Crippen molar-refractivity contribution < 1.29 is 4.42 Å². The highest BCUT2D eigenvalue weighted by Gasteiger charge is 1.88. The molecule has 0 aliphatic heterocycles. The fourth-order valence-electron chi connectivity index (χ4n) is 0.701. The van der Waals surface area contributed by atoms with E-state index in [2.05, 4.69) is 6.92 Å². The number of hydrogen-bond donors (Lipinski definition) is 0. The van der Waals surface area contributed by atoms with E-state index in [1.807, 2.05) is 26.0 Å². The molecule has 1 heteroatoms. The van der Waals surface area contributed by atoms with Gasteiger partial charge < -0.3 is 4.42 Å². The maximum atomic E-state index is 5.07. The van der Waals surface area contributed by atoms with Crippen LogP contribution in [-0.2, 0) is 6.42 Å². The molecule has 1 aromatic rings. The Kier molecular flexibility index (Phi) is 5.94. The van der Waals surface area contributed by atoms with Crippen molar-refractivity contribution in [2.75, 3.05) is 0 Å². The highest BCUT2D eigenvalue weighted by atomic mass is 16.3. The monoisotopic (exact) mass is 140 g/mol. The van der Waals surface area contributed by atoms with Gasteiger partial charge in [-0.25, -0.2) is 0 Å². The molecule has 0 radical (unpaired) electrons. The molecule has 10 heavy (non-hydrogen) atoms. The standard InChI is InChI=1S/C7H10O.C2H6/c1-2-4-7-5-3-6-8-7;1-2/h3,5-6H,2,4H2,1H3;1-2H3.